The van der Waals surface area contributed by atoms with E-state index in [4.69, 9.17) is 23.7 Å². The van der Waals surface area contributed by atoms with Gasteiger partial charge in [0.15, 0.2) is 0 Å². The van der Waals surface area contributed by atoms with E-state index in [0.29, 0.717) is 29.5 Å². The highest BCUT2D eigenvalue weighted by molar-refractivity contribution is 5.84. The first kappa shape index (κ1) is 35.5. The summed E-state index contributed by atoms with van der Waals surface area (Å²) in [6, 6.07) is 25.2. The summed E-state index contributed by atoms with van der Waals surface area (Å²) < 4.78 is 27.0. The lowest BCUT2D eigenvalue weighted by atomic mass is 10.0. The molecule has 0 unspecified atom stereocenters. The van der Waals surface area contributed by atoms with Gasteiger partial charge in [0.1, 0.15) is 61.7 Å². The standard InChI is InChI=1S/C42H34N2O7/c1-4-41(45)49-22-20-47-38-17-15-36(43-27-38)13-8-31-10-19-40(30(3)24-31)51-29-33-7-12-34-25-32(6-11-35(34)26-33)9-14-37-16-18-39(28-44-37)48-21-23-50-42(46)5-2/h4-7,10-12,15-19,24-28H,1-2,20-23,29H2,3H3. The average Bonchev–Trinajstić information content (AvgIpc) is 3.16. The maximum atomic E-state index is 11.1. The first-order valence-electron chi connectivity index (χ1n) is 15.9. The van der Waals surface area contributed by atoms with Crippen LogP contribution in [0.15, 0.2) is 117 Å². The average molecular weight is 679 g/mol. The number of fused-ring (bicyclic) bond motifs is 1. The van der Waals surface area contributed by atoms with Crippen LogP contribution >= 0.6 is 0 Å². The zero-order valence-electron chi connectivity index (χ0n) is 28.0. The second-order valence-corrected chi connectivity index (χ2v) is 10.9. The Morgan fingerprint density at radius 2 is 1.18 bits per heavy atom. The Hall–Kier alpha value is -6.84. The van der Waals surface area contributed by atoms with Crippen LogP contribution in [0.3, 0.4) is 0 Å². The minimum atomic E-state index is -0.489. The fourth-order valence-corrected chi connectivity index (χ4v) is 4.59. The number of ether oxygens (including phenoxy) is 5. The van der Waals surface area contributed by atoms with Crippen LogP contribution in [-0.2, 0) is 25.7 Å². The number of hydrogen-bond donors (Lipinski definition) is 0. The molecule has 0 atom stereocenters. The van der Waals surface area contributed by atoms with Gasteiger partial charge in [0, 0.05) is 23.3 Å². The van der Waals surface area contributed by atoms with Gasteiger partial charge >= 0.3 is 11.9 Å². The van der Waals surface area contributed by atoms with Crippen LogP contribution in [0.2, 0.25) is 0 Å². The van der Waals surface area contributed by atoms with Crippen molar-refractivity contribution in [3.63, 3.8) is 0 Å². The SMILES string of the molecule is C=CC(=O)OCCOc1ccc(C#Cc2ccc(OCc3ccc4cc(C#Cc5ccc(OCCOC(=O)C=C)cn5)ccc4c3)c(C)c2)nc1. The topological polar surface area (TPSA) is 106 Å². The summed E-state index contributed by atoms with van der Waals surface area (Å²) in [4.78, 5) is 30.8. The van der Waals surface area contributed by atoms with Gasteiger partial charge in [-0.1, -0.05) is 43.2 Å². The molecule has 0 amide bonds. The molecule has 5 rings (SSSR count). The van der Waals surface area contributed by atoms with E-state index in [0.717, 1.165) is 50.9 Å². The van der Waals surface area contributed by atoms with Crippen molar-refractivity contribution in [2.24, 2.45) is 0 Å². The van der Waals surface area contributed by atoms with Crippen LogP contribution in [0.5, 0.6) is 17.2 Å². The fraction of sp³-hybridized carbons (Fsp3) is 0.143. The van der Waals surface area contributed by atoms with Crippen molar-refractivity contribution in [2.75, 3.05) is 26.4 Å². The molecule has 3 aromatic carbocycles. The molecule has 2 heterocycles. The normalized spacial score (nSPS) is 10.1. The van der Waals surface area contributed by atoms with E-state index in [1.807, 2.05) is 49.4 Å². The number of nitrogens with zero attached hydrogens (tertiary/aromatic N) is 2. The lowest BCUT2D eigenvalue weighted by Gasteiger charge is -2.10. The van der Waals surface area contributed by atoms with Gasteiger partial charge in [-0.2, -0.15) is 0 Å². The number of hydrogen-bond acceptors (Lipinski definition) is 9. The Labute approximate surface area is 296 Å². The predicted molar refractivity (Wildman–Crippen MR) is 193 cm³/mol. The zero-order valence-corrected chi connectivity index (χ0v) is 28.0. The number of carbonyl (C=O) groups excluding carboxylic acids is 2. The number of pyridine rings is 2. The van der Waals surface area contributed by atoms with Crippen molar-refractivity contribution in [1.82, 2.24) is 9.97 Å². The van der Waals surface area contributed by atoms with Crippen molar-refractivity contribution < 1.29 is 33.3 Å². The van der Waals surface area contributed by atoms with E-state index in [1.165, 1.54) is 0 Å². The third-order valence-electron chi connectivity index (χ3n) is 7.14. The van der Waals surface area contributed by atoms with Crippen LogP contribution in [0, 0.1) is 30.6 Å². The molecular weight excluding hydrogens is 644 g/mol. The summed E-state index contributed by atoms with van der Waals surface area (Å²) in [5.41, 5.74) is 4.96. The van der Waals surface area contributed by atoms with Gasteiger partial charge in [0.05, 0.1) is 12.4 Å². The van der Waals surface area contributed by atoms with Crippen LogP contribution in [0.25, 0.3) is 10.8 Å². The lowest BCUT2D eigenvalue weighted by molar-refractivity contribution is -0.139. The Bertz CT molecular complexity index is 2150. The maximum absolute atomic E-state index is 11.1. The summed E-state index contributed by atoms with van der Waals surface area (Å²) in [7, 11) is 0. The Kier molecular flexibility index (Phi) is 12.6. The van der Waals surface area contributed by atoms with Gasteiger partial charge in [-0.15, -0.1) is 0 Å². The molecule has 9 nitrogen and oxygen atoms in total. The van der Waals surface area contributed by atoms with Crippen LogP contribution in [-0.4, -0.2) is 48.3 Å². The Balaban J connectivity index is 1.11. The minimum Gasteiger partial charge on any atom is -0.489 e. The molecule has 254 valence electrons. The molecule has 2 aromatic heterocycles. The first-order chi connectivity index (χ1) is 24.9. The molecule has 0 aliphatic rings. The molecule has 0 radical (unpaired) electrons. The molecule has 5 aromatic rings. The lowest BCUT2D eigenvalue weighted by Crippen LogP contribution is -2.10. The summed E-state index contributed by atoms with van der Waals surface area (Å²) in [5, 5.41) is 2.16. The van der Waals surface area contributed by atoms with E-state index < -0.39 is 11.9 Å². The smallest absolute Gasteiger partial charge is 0.330 e. The minimum absolute atomic E-state index is 0.127. The number of rotatable bonds is 13. The van der Waals surface area contributed by atoms with Crippen molar-refractivity contribution in [1.29, 1.82) is 0 Å². The number of benzene rings is 3. The molecule has 0 N–H and O–H groups in total. The third kappa shape index (κ3) is 11.1. The summed E-state index contributed by atoms with van der Waals surface area (Å²) in [6.45, 7) is 9.80. The highest BCUT2D eigenvalue weighted by Crippen LogP contribution is 2.23. The number of aromatic nitrogens is 2. The molecule has 0 spiro atoms. The highest BCUT2D eigenvalue weighted by Gasteiger charge is 2.04. The Morgan fingerprint density at radius 1 is 0.627 bits per heavy atom. The quantitative estimate of drug-likeness (QED) is 0.0595. The van der Waals surface area contributed by atoms with Crippen molar-refractivity contribution in [2.45, 2.75) is 13.5 Å². The Morgan fingerprint density at radius 3 is 1.73 bits per heavy atom. The second-order valence-electron chi connectivity index (χ2n) is 10.9. The summed E-state index contributed by atoms with van der Waals surface area (Å²) in [5.74, 6) is 13.4. The van der Waals surface area contributed by atoms with E-state index in [-0.39, 0.29) is 26.4 Å². The highest BCUT2D eigenvalue weighted by atomic mass is 16.6. The van der Waals surface area contributed by atoms with Crippen LogP contribution < -0.4 is 14.2 Å². The van der Waals surface area contributed by atoms with E-state index in [9.17, 15) is 9.59 Å². The number of aryl methyl sites for hydroxylation is 1. The maximum Gasteiger partial charge on any atom is 0.330 e. The molecular formula is C42H34N2O7. The summed E-state index contributed by atoms with van der Waals surface area (Å²) >= 11 is 0. The zero-order chi connectivity index (χ0) is 35.8. The third-order valence-corrected chi connectivity index (χ3v) is 7.14. The van der Waals surface area contributed by atoms with Crippen LogP contribution in [0.4, 0.5) is 0 Å². The fourth-order valence-electron chi connectivity index (χ4n) is 4.59. The second kappa shape index (κ2) is 18.1. The molecule has 51 heavy (non-hydrogen) atoms. The van der Waals surface area contributed by atoms with E-state index in [1.54, 1.807) is 36.7 Å². The largest absolute Gasteiger partial charge is 0.489 e. The molecule has 0 bridgehead atoms. The number of esters is 2. The van der Waals surface area contributed by atoms with E-state index in [2.05, 4.69) is 58.9 Å². The molecule has 0 saturated carbocycles. The number of carbonyl (C=O) groups is 2. The first-order valence-corrected chi connectivity index (χ1v) is 15.9. The summed E-state index contributed by atoms with van der Waals surface area (Å²) in [6.07, 6.45) is 5.38. The predicted octanol–water partition coefficient (Wildman–Crippen LogP) is 6.53. The molecule has 9 heteroatoms. The molecule has 0 fully saturated rings. The molecule has 0 saturated heterocycles. The van der Waals surface area contributed by atoms with Gasteiger partial charge in [-0.25, -0.2) is 19.6 Å². The van der Waals surface area contributed by atoms with Crippen molar-refractivity contribution >= 4 is 22.7 Å². The van der Waals surface area contributed by atoms with Gasteiger partial charge in [-0.3, -0.25) is 0 Å². The van der Waals surface area contributed by atoms with Gasteiger partial charge in [-0.05, 0) is 101 Å². The van der Waals surface area contributed by atoms with Crippen LogP contribution in [0.1, 0.15) is 33.6 Å². The van der Waals surface area contributed by atoms with E-state index >= 15 is 0 Å². The van der Waals surface area contributed by atoms with Crippen molar-refractivity contribution in [3.8, 4) is 40.9 Å². The van der Waals surface area contributed by atoms with Gasteiger partial charge < -0.3 is 23.7 Å². The van der Waals surface area contributed by atoms with Gasteiger partial charge in [0.2, 0.25) is 0 Å². The molecule has 0 aliphatic heterocycles. The van der Waals surface area contributed by atoms with Gasteiger partial charge in [0.25, 0.3) is 0 Å². The van der Waals surface area contributed by atoms with Crippen molar-refractivity contribution in [3.05, 3.63) is 150 Å². The monoisotopic (exact) mass is 678 g/mol. The molecule has 0 aliphatic carbocycles.